The summed E-state index contributed by atoms with van der Waals surface area (Å²) in [6, 6.07) is 12.5. The third-order valence-electron chi connectivity index (χ3n) is 6.22. The molecule has 1 saturated heterocycles. The van der Waals surface area contributed by atoms with E-state index in [0.29, 0.717) is 18.7 Å². The van der Waals surface area contributed by atoms with Crippen molar-refractivity contribution in [2.45, 2.75) is 25.5 Å². The summed E-state index contributed by atoms with van der Waals surface area (Å²) >= 11 is 0. The lowest BCUT2D eigenvalue weighted by molar-refractivity contribution is -0.140. The Kier molecular flexibility index (Phi) is 6.17. The lowest BCUT2D eigenvalue weighted by Gasteiger charge is -2.27. The van der Waals surface area contributed by atoms with E-state index in [0.717, 1.165) is 29.0 Å². The molecule has 7 nitrogen and oxygen atoms in total. The van der Waals surface area contributed by atoms with Gasteiger partial charge in [0.2, 0.25) is 0 Å². The molecule has 2 atom stereocenters. The van der Waals surface area contributed by atoms with Gasteiger partial charge in [-0.25, -0.2) is 0 Å². The second-order valence-electron chi connectivity index (χ2n) is 9.24. The molecule has 0 saturated carbocycles. The van der Waals surface area contributed by atoms with Crippen LogP contribution in [0.1, 0.15) is 29.7 Å². The van der Waals surface area contributed by atoms with E-state index in [-0.39, 0.29) is 17.4 Å². The summed E-state index contributed by atoms with van der Waals surface area (Å²) in [5.74, 6) is -0.595. The van der Waals surface area contributed by atoms with Crippen LogP contribution in [0.5, 0.6) is 5.75 Å². The molecule has 2 heterocycles. The van der Waals surface area contributed by atoms with Crippen LogP contribution in [0.15, 0.2) is 48.0 Å². The predicted molar refractivity (Wildman–Crippen MR) is 129 cm³/mol. The van der Waals surface area contributed by atoms with Crippen LogP contribution in [0.3, 0.4) is 0 Å². The molecule has 2 aliphatic heterocycles. The molecule has 1 fully saturated rings. The van der Waals surface area contributed by atoms with E-state index in [9.17, 15) is 14.7 Å². The summed E-state index contributed by atoms with van der Waals surface area (Å²) in [5.41, 5.74) is 3.44. The number of anilines is 1. The van der Waals surface area contributed by atoms with E-state index in [1.54, 1.807) is 11.0 Å². The van der Waals surface area contributed by atoms with Crippen LogP contribution >= 0.6 is 0 Å². The number of aliphatic hydroxyl groups excluding tert-OH is 1. The first-order valence-corrected chi connectivity index (χ1v) is 11.2. The molecule has 33 heavy (non-hydrogen) atoms. The molecule has 2 aliphatic rings. The number of likely N-dealkylation sites (tertiary alicyclic amines) is 1. The van der Waals surface area contributed by atoms with Gasteiger partial charge in [-0.15, -0.1) is 0 Å². The molecular weight excluding hydrogens is 418 g/mol. The van der Waals surface area contributed by atoms with E-state index < -0.39 is 17.7 Å². The molecule has 0 bridgehead atoms. The Bertz CT molecular complexity index is 1110. The summed E-state index contributed by atoms with van der Waals surface area (Å²) in [6.07, 6.45) is 0.812. The van der Waals surface area contributed by atoms with Crippen molar-refractivity contribution < 1.29 is 19.4 Å². The van der Waals surface area contributed by atoms with Gasteiger partial charge in [0.05, 0.1) is 11.6 Å². The number of hydrogen-bond acceptors (Lipinski definition) is 6. The zero-order valence-corrected chi connectivity index (χ0v) is 19.8. The molecule has 1 N–H and O–H groups in total. The van der Waals surface area contributed by atoms with Crippen molar-refractivity contribution in [2.24, 2.45) is 0 Å². The number of Topliss-reactive ketones (excluding diaryl/α,β-unsaturated/α-hetero) is 1. The number of carbonyl (C=O) groups excluding carboxylic acids is 2. The highest BCUT2D eigenvalue weighted by Gasteiger charge is 2.46. The maximum atomic E-state index is 13.2. The Morgan fingerprint density at radius 2 is 1.79 bits per heavy atom. The van der Waals surface area contributed by atoms with Gasteiger partial charge in [0, 0.05) is 44.9 Å². The van der Waals surface area contributed by atoms with Crippen LogP contribution in [0.25, 0.3) is 5.76 Å². The molecule has 1 amide bonds. The highest BCUT2D eigenvalue weighted by atomic mass is 16.5. The third-order valence-corrected chi connectivity index (χ3v) is 6.22. The van der Waals surface area contributed by atoms with Gasteiger partial charge < -0.3 is 24.5 Å². The van der Waals surface area contributed by atoms with Gasteiger partial charge in [-0.2, -0.15) is 0 Å². The molecule has 0 radical (unpaired) electrons. The molecule has 174 valence electrons. The maximum Gasteiger partial charge on any atom is 0.295 e. The number of hydrogen-bond donors (Lipinski definition) is 1. The predicted octanol–water partition coefficient (Wildman–Crippen LogP) is 3.06. The number of ketones is 1. The van der Waals surface area contributed by atoms with Crippen molar-refractivity contribution in [3.8, 4) is 5.75 Å². The standard InChI is InChI=1S/C26H31N3O4/c1-16-14-19-15-18(8-11-21(19)33-16)24(30)22-23(17-6-9-20(10-7-17)28(4)5)29(13-12-27(2)3)26(32)25(22)31/h6-11,15-16,23,30H,12-14H2,1-5H3/t16-,23+/m1/s1. The second-order valence-corrected chi connectivity index (χ2v) is 9.24. The average Bonchev–Trinajstić information content (AvgIpc) is 3.27. The Labute approximate surface area is 194 Å². The summed E-state index contributed by atoms with van der Waals surface area (Å²) in [5, 5.41) is 11.3. The Balaban J connectivity index is 1.80. The molecule has 2 aromatic carbocycles. The Hall–Kier alpha value is -3.32. The monoisotopic (exact) mass is 449 g/mol. The number of ether oxygens (including phenoxy) is 1. The molecule has 0 unspecified atom stereocenters. The molecular formula is C26H31N3O4. The van der Waals surface area contributed by atoms with E-state index in [1.807, 2.05) is 81.3 Å². The van der Waals surface area contributed by atoms with Crippen molar-refractivity contribution in [3.05, 3.63) is 64.7 Å². The molecule has 7 heteroatoms. The molecule has 0 aliphatic carbocycles. The number of nitrogens with zero attached hydrogens (tertiary/aromatic N) is 3. The van der Waals surface area contributed by atoms with Gasteiger partial charge in [0.15, 0.2) is 0 Å². The van der Waals surface area contributed by atoms with Crippen molar-refractivity contribution >= 4 is 23.1 Å². The summed E-state index contributed by atoms with van der Waals surface area (Å²) < 4.78 is 5.76. The van der Waals surface area contributed by atoms with Crippen LogP contribution < -0.4 is 9.64 Å². The van der Waals surface area contributed by atoms with E-state index in [2.05, 4.69) is 0 Å². The minimum absolute atomic E-state index is 0.0734. The smallest absolute Gasteiger partial charge is 0.295 e. The van der Waals surface area contributed by atoms with Crippen molar-refractivity contribution in [2.75, 3.05) is 46.2 Å². The number of aliphatic hydroxyl groups is 1. The fourth-order valence-electron chi connectivity index (χ4n) is 4.44. The van der Waals surface area contributed by atoms with Crippen LogP contribution in [0.4, 0.5) is 5.69 Å². The van der Waals surface area contributed by atoms with Gasteiger partial charge in [0.25, 0.3) is 11.7 Å². The highest BCUT2D eigenvalue weighted by molar-refractivity contribution is 6.46. The number of fused-ring (bicyclic) bond motifs is 1. The SMILES string of the molecule is C[C@@H]1Cc2cc(C(O)=C3C(=O)C(=O)N(CCN(C)C)[C@H]3c3ccc(N(C)C)cc3)ccc2O1. The zero-order chi connectivity index (χ0) is 23.9. The number of benzene rings is 2. The first-order chi connectivity index (χ1) is 15.7. The minimum Gasteiger partial charge on any atom is -0.507 e. The largest absolute Gasteiger partial charge is 0.507 e. The fraction of sp³-hybridized carbons (Fsp3) is 0.385. The van der Waals surface area contributed by atoms with E-state index in [1.165, 1.54) is 0 Å². The van der Waals surface area contributed by atoms with Crippen LogP contribution in [-0.4, -0.2) is 74.0 Å². The topological polar surface area (TPSA) is 73.3 Å². The van der Waals surface area contributed by atoms with Crippen molar-refractivity contribution in [1.82, 2.24) is 9.80 Å². The van der Waals surface area contributed by atoms with E-state index >= 15 is 0 Å². The van der Waals surface area contributed by atoms with E-state index in [4.69, 9.17) is 4.74 Å². The first kappa shape index (κ1) is 22.9. The van der Waals surface area contributed by atoms with Crippen molar-refractivity contribution in [3.63, 3.8) is 0 Å². The zero-order valence-electron chi connectivity index (χ0n) is 19.8. The Morgan fingerprint density at radius 1 is 1.09 bits per heavy atom. The number of likely N-dealkylation sites (N-methyl/N-ethyl adjacent to an activating group) is 1. The Morgan fingerprint density at radius 3 is 2.42 bits per heavy atom. The lowest BCUT2D eigenvalue weighted by atomic mass is 9.94. The lowest BCUT2D eigenvalue weighted by Crippen LogP contribution is -2.35. The summed E-state index contributed by atoms with van der Waals surface area (Å²) in [6.45, 7) is 2.98. The number of amides is 1. The van der Waals surface area contributed by atoms with Gasteiger partial charge in [-0.3, -0.25) is 9.59 Å². The highest BCUT2D eigenvalue weighted by Crippen LogP contribution is 2.40. The summed E-state index contributed by atoms with van der Waals surface area (Å²) in [4.78, 5) is 31.7. The number of carbonyl (C=O) groups is 2. The van der Waals surface area contributed by atoms with Gasteiger partial charge in [-0.1, -0.05) is 12.1 Å². The van der Waals surface area contributed by atoms with Crippen LogP contribution in [0.2, 0.25) is 0 Å². The quantitative estimate of drug-likeness (QED) is 0.415. The van der Waals surface area contributed by atoms with Crippen LogP contribution in [-0.2, 0) is 16.0 Å². The first-order valence-electron chi connectivity index (χ1n) is 11.2. The minimum atomic E-state index is -0.655. The maximum absolute atomic E-state index is 13.2. The molecule has 2 aromatic rings. The van der Waals surface area contributed by atoms with Gasteiger partial charge in [0.1, 0.15) is 17.6 Å². The van der Waals surface area contributed by atoms with Crippen LogP contribution in [0, 0.1) is 0 Å². The second kappa shape index (κ2) is 8.90. The third kappa shape index (κ3) is 4.33. The normalized spacial score (nSPS) is 21.5. The molecule has 0 spiro atoms. The van der Waals surface area contributed by atoms with Gasteiger partial charge >= 0.3 is 0 Å². The molecule has 4 rings (SSSR count). The molecule has 0 aromatic heterocycles. The average molecular weight is 450 g/mol. The summed E-state index contributed by atoms with van der Waals surface area (Å²) in [7, 11) is 7.75. The van der Waals surface area contributed by atoms with Crippen molar-refractivity contribution in [1.29, 1.82) is 0 Å². The number of rotatable bonds is 6. The van der Waals surface area contributed by atoms with Gasteiger partial charge in [-0.05, 0) is 62.5 Å². The fourth-order valence-corrected chi connectivity index (χ4v) is 4.44.